The van der Waals surface area contributed by atoms with Crippen molar-refractivity contribution in [1.82, 2.24) is 19.9 Å². The minimum atomic E-state index is 0.873. The molecule has 0 saturated carbocycles. The van der Waals surface area contributed by atoms with Crippen LogP contribution in [0.2, 0.25) is 0 Å². The Morgan fingerprint density at radius 1 is 1.39 bits per heavy atom. The first kappa shape index (κ1) is 13.1. The van der Waals surface area contributed by atoms with Crippen LogP contribution in [0.25, 0.3) is 0 Å². The highest BCUT2D eigenvalue weighted by Gasteiger charge is 2.07. The molecule has 96 valence electrons. The summed E-state index contributed by atoms with van der Waals surface area (Å²) in [6.45, 7) is 6.04. The van der Waals surface area contributed by atoms with Crippen LogP contribution in [0.1, 0.15) is 18.1 Å². The minimum absolute atomic E-state index is 0.873. The normalized spacial score (nSPS) is 10.8. The number of rotatable bonds is 5. The predicted octanol–water partition coefficient (Wildman–Crippen LogP) is 2.38. The molecule has 0 aliphatic rings. The van der Waals surface area contributed by atoms with Crippen molar-refractivity contribution in [3.8, 4) is 0 Å². The van der Waals surface area contributed by atoms with Gasteiger partial charge in [0.15, 0.2) is 5.16 Å². The monoisotopic (exact) mass is 262 g/mol. The minimum Gasteiger partial charge on any atom is -0.329 e. The molecule has 0 spiro atoms. The molecule has 2 rings (SSSR count). The van der Waals surface area contributed by atoms with Crippen molar-refractivity contribution < 1.29 is 0 Å². The van der Waals surface area contributed by atoms with Crippen molar-refractivity contribution in [2.45, 2.75) is 30.6 Å². The predicted molar refractivity (Wildman–Crippen MR) is 73.7 cm³/mol. The molecule has 0 aliphatic heterocycles. The number of nitrogens with one attached hydrogen (secondary N) is 1. The van der Waals surface area contributed by atoms with Gasteiger partial charge in [-0.25, -0.2) is 9.97 Å². The van der Waals surface area contributed by atoms with Gasteiger partial charge in [-0.3, -0.25) is 0 Å². The maximum Gasteiger partial charge on any atom is 0.174 e. The quantitative estimate of drug-likeness (QED) is 0.898. The van der Waals surface area contributed by atoms with Gasteiger partial charge in [0.1, 0.15) is 5.03 Å². The number of hydrogen-bond donors (Lipinski definition) is 1. The van der Waals surface area contributed by atoms with Crippen molar-refractivity contribution in [2.24, 2.45) is 7.05 Å². The van der Waals surface area contributed by atoms with Crippen LogP contribution in [0.3, 0.4) is 0 Å². The van der Waals surface area contributed by atoms with E-state index in [1.54, 1.807) is 18.0 Å². The molecule has 2 aromatic rings. The average molecular weight is 262 g/mol. The largest absolute Gasteiger partial charge is 0.329 e. The summed E-state index contributed by atoms with van der Waals surface area (Å²) in [4.78, 5) is 8.81. The molecule has 5 heteroatoms. The Balaban J connectivity index is 2.12. The van der Waals surface area contributed by atoms with Gasteiger partial charge in [-0.05, 0) is 36.4 Å². The molecule has 0 aliphatic carbocycles. The van der Waals surface area contributed by atoms with E-state index in [0.717, 1.165) is 23.3 Å². The van der Waals surface area contributed by atoms with Crippen molar-refractivity contribution in [3.63, 3.8) is 0 Å². The Morgan fingerprint density at radius 3 is 2.83 bits per heavy atom. The molecule has 0 bridgehead atoms. The van der Waals surface area contributed by atoms with Crippen LogP contribution < -0.4 is 5.32 Å². The molecule has 0 radical (unpaired) electrons. The molecule has 4 nitrogen and oxygen atoms in total. The summed E-state index contributed by atoms with van der Waals surface area (Å²) in [5.41, 5.74) is 2.41. The molecule has 2 aromatic heterocycles. The molecule has 0 aromatic carbocycles. The number of nitrogens with zero attached hydrogens (tertiary/aromatic N) is 3. The fourth-order valence-electron chi connectivity index (χ4n) is 1.63. The van der Waals surface area contributed by atoms with E-state index in [1.807, 2.05) is 24.0 Å². The number of pyridine rings is 1. The van der Waals surface area contributed by atoms with E-state index < -0.39 is 0 Å². The standard InChI is InChI=1S/C13H18N4S/c1-4-14-8-11-7-10(2)12(16-9-11)18-13-15-5-6-17(13)3/h5-7,9,14H,4,8H2,1-3H3. The highest BCUT2D eigenvalue weighted by atomic mass is 32.2. The summed E-state index contributed by atoms with van der Waals surface area (Å²) >= 11 is 1.60. The van der Waals surface area contributed by atoms with Gasteiger partial charge in [-0.2, -0.15) is 0 Å². The summed E-state index contributed by atoms with van der Waals surface area (Å²) < 4.78 is 2.00. The first-order valence-corrected chi connectivity index (χ1v) is 6.83. The van der Waals surface area contributed by atoms with Crippen LogP contribution in [0.4, 0.5) is 0 Å². The van der Waals surface area contributed by atoms with Crippen molar-refractivity contribution in [1.29, 1.82) is 0 Å². The van der Waals surface area contributed by atoms with Crippen LogP contribution in [-0.4, -0.2) is 21.1 Å². The Bertz CT molecular complexity index is 521. The van der Waals surface area contributed by atoms with E-state index in [9.17, 15) is 0 Å². The fraction of sp³-hybridized carbons (Fsp3) is 0.385. The highest BCUT2D eigenvalue weighted by Crippen LogP contribution is 2.26. The second-order valence-electron chi connectivity index (χ2n) is 4.17. The fourth-order valence-corrected chi connectivity index (χ4v) is 2.45. The smallest absolute Gasteiger partial charge is 0.174 e. The summed E-state index contributed by atoms with van der Waals surface area (Å²) in [6, 6.07) is 2.18. The van der Waals surface area contributed by atoms with Gasteiger partial charge in [0.25, 0.3) is 0 Å². The van der Waals surface area contributed by atoms with Gasteiger partial charge in [0.05, 0.1) is 0 Å². The van der Waals surface area contributed by atoms with Crippen LogP contribution >= 0.6 is 11.8 Å². The summed E-state index contributed by atoms with van der Waals surface area (Å²) in [7, 11) is 1.99. The topological polar surface area (TPSA) is 42.7 Å². The molecular formula is C13H18N4S. The first-order chi connectivity index (χ1) is 8.70. The van der Waals surface area contributed by atoms with Gasteiger partial charge in [0, 0.05) is 32.2 Å². The molecule has 0 atom stereocenters. The molecule has 1 N–H and O–H groups in total. The van der Waals surface area contributed by atoms with Crippen LogP contribution in [-0.2, 0) is 13.6 Å². The zero-order valence-corrected chi connectivity index (χ0v) is 11.8. The number of aryl methyl sites for hydroxylation is 2. The van der Waals surface area contributed by atoms with E-state index in [1.165, 1.54) is 11.1 Å². The van der Waals surface area contributed by atoms with Crippen molar-refractivity contribution in [2.75, 3.05) is 6.54 Å². The van der Waals surface area contributed by atoms with Gasteiger partial charge >= 0.3 is 0 Å². The first-order valence-electron chi connectivity index (χ1n) is 6.02. The molecule has 0 unspecified atom stereocenters. The second-order valence-corrected chi connectivity index (χ2v) is 5.12. The maximum atomic E-state index is 4.52. The van der Waals surface area contributed by atoms with Crippen molar-refractivity contribution in [3.05, 3.63) is 35.8 Å². The van der Waals surface area contributed by atoms with Gasteiger partial charge in [-0.15, -0.1) is 0 Å². The highest BCUT2D eigenvalue weighted by molar-refractivity contribution is 7.99. The van der Waals surface area contributed by atoms with Crippen LogP contribution in [0, 0.1) is 6.92 Å². The third-order valence-electron chi connectivity index (χ3n) is 2.63. The molecule has 2 heterocycles. The molecule has 18 heavy (non-hydrogen) atoms. The van der Waals surface area contributed by atoms with E-state index in [2.05, 4.69) is 35.2 Å². The Labute approximate surface area is 112 Å². The molecule has 0 fully saturated rings. The summed E-state index contributed by atoms with van der Waals surface area (Å²) in [5, 5.41) is 5.28. The Hall–Kier alpha value is -1.33. The third-order valence-corrected chi connectivity index (χ3v) is 3.83. The molecule has 0 amide bonds. The lowest BCUT2D eigenvalue weighted by Crippen LogP contribution is -2.12. The molecular weight excluding hydrogens is 244 g/mol. The number of aromatic nitrogens is 3. The summed E-state index contributed by atoms with van der Waals surface area (Å²) in [6.07, 6.45) is 5.68. The number of hydrogen-bond acceptors (Lipinski definition) is 4. The van der Waals surface area contributed by atoms with Gasteiger partial charge < -0.3 is 9.88 Å². The Morgan fingerprint density at radius 2 is 2.22 bits per heavy atom. The third kappa shape index (κ3) is 3.11. The van der Waals surface area contributed by atoms with E-state index in [4.69, 9.17) is 0 Å². The lowest BCUT2D eigenvalue weighted by Gasteiger charge is -2.07. The second kappa shape index (κ2) is 6.02. The Kier molecular flexibility index (Phi) is 4.38. The maximum absolute atomic E-state index is 4.52. The van der Waals surface area contributed by atoms with E-state index >= 15 is 0 Å². The zero-order valence-electron chi connectivity index (χ0n) is 11.0. The SMILES string of the molecule is CCNCc1cnc(Sc2nccn2C)c(C)c1. The van der Waals surface area contributed by atoms with E-state index in [-0.39, 0.29) is 0 Å². The van der Waals surface area contributed by atoms with Crippen LogP contribution in [0.5, 0.6) is 0 Å². The van der Waals surface area contributed by atoms with Crippen LogP contribution in [0.15, 0.2) is 34.8 Å². The summed E-state index contributed by atoms with van der Waals surface area (Å²) in [5.74, 6) is 0. The van der Waals surface area contributed by atoms with E-state index in [0.29, 0.717) is 0 Å². The molecule has 0 saturated heterocycles. The lowest BCUT2D eigenvalue weighted by atomic mass is 10.2. The van der Waals surface area contributed by atoms with Gasteiger partial charge in [0.2, 0.25) is 0 Å². The number of imidazole rings is 1. The lowest BCUT2D eigenvalue weighted by molar-refractivity contribution is 0.721. The zero-order chi connectivity index (χ0) is 13.0. The van der Waals surface area contributed by atoms with Crippen molar-refractivity contribution >= 4 is 11.8 Å². The van der Waals surface area contributed by atoms with Gasteiger partial charge in [-0.1, -0.05) is 13.0 Å². The average Bonchev–Trinajstić information content (AvgIpc) is 2.75.